The number of nitrogens with zero attached hydrogens (tertiary/aromatic N) is 1. The van der Waals surface area contributed by atoms with Gasteiger partial charge in [-0.1, -0.05) is 0 Å². The van der Waals surface area contributed by atoms with Crippen LogP contribution in [0.4, 0.5) is 0 Å². The molecule has 0 bridgehead atoms. The Morgan fingerprint density at radius 2 is 2.33 bits per heavy atom. The van der Waals surface area contributed by atoms with Crippen LogP contribution < -0.4 is 5.73 Å². The zero-order chi connectivity index (χ0) is 8.44. The largest absolute Gasteiger partial charge is 0.456 e. The van der Waals surface area contributed by atoms with Gasteiger partial charge in [0, 0.05) is 19.6 Å². The summed E-state index contributed by atoms with van der Waals surface area (Å²) in [5.41, 5.74) is 5.36. The minimum atomic E-state index is -0.149. The molecule has 0 aromatic carbocycles. The second-order valence-corrected chi connectivity index (χ2v) is 3.41. The monoisotopic (exact) mass is 170 g/mol. The Balaban J connectivity index is 2.05. The molecule has 0 aromatic heterocycles. The average molecular weight is 170 g/mol. The second kappa shape index (κ2) is 2.94. The second-order valence-electron chi connectivity index (χ2n) is 3.41. The highest BCUT2D eigenvalue weighted by Gasteiger charge is 2.37. The van der Waals surface area contributed by atoms with Crippen LogP contribution in [-0.2, 0) is 9.47 Å². The molecule has 4 heteroatoms. The molecule has 68 valence electrons. The fraction of sp³-hybridized carbons (Fsp3) is 0.875. The molecule has 2 rings (SSSR count). The van der Waals surface area contributed by atoms with Gasteiger partial charge < -0.3 is 15.2 Å². The van der Waals surface area contributed by atoms with Crippen LogP contribution in [0.5, 0.6) is 0 Å². The molecule has 0 amide bonds. The zero-order valence-electron chi connectivity index (χ0n) is 7.08. The summed E-state index contributed by atoms with van der Waals surface area (Å²) in [7, 11) is 0. The van der Waals surface area contributed by atoms with Crippen molar-refractivity contribution in [2.75, 3.05) is 19.8 Å². The predicted octanol–water partition coefficient (Wildman–Crippen LogP) is 0.271. The Morgan fingerprint density at radius 3 is 3.00 bits per heavy atom. The number of ether oxygens (including phenoxy) is 2. The van der Waals surface area contributed by atoms with Crippen molar-refractivity contribution in [3.8, 4) is 0 Å². The molecule has 4 nitrogen and oxygen atoms in total. The summed E-state index contributed by atoms with van der Waals surface area (Å²) in [6.45, 7) is 2.29. The van der Waals surface area contributed by atoms with E-state index in [1.54, 1.807) is 0 Å². The summed E-state index contributed by atoms with van der Waals surface area (Å²) >= 11 is 0. The topological polar surface area (TPSA) is 56.8 Å². The zero-order valence-corrected chi connectivity index (χ0v) is 7.08. The normalized spacial score (nSPS) is 35.8. The molecule has 1 atom stereocenters. The van der Waals surface area contributed by atoms with Gasteiger partial charge in [0.2, 0.25) is 0 Å². The lowest BCUT2D eigenvalue weighted by molar-refractivity contribution is -0.0846. The van der Waals surface area contributed by atoms with E-state index < -0.39 is 0 Å². The van der Waals surface area contributed by atoms with Crippen LogP contribution in [-0.4, -0.2) is 31.4 Å². The van der Waals surface area contributed by atoms with Gasteiger partial charge in [-0.25, -0.2) is 4.99 Å². The number of aliphatic imine (C=N–C) groups is 1. The molecule has 2 aliphatic rings. The molecular weight excluding hydrogens is 156 g/mol. The van der Waals surface area contributed by atoms with E-state index in [1.807, 2.05) is 0 Å². The molecule has 0 aromatic rings. The van der Waals surface area contributed by atoms with E-state index in [1.165, 1.54) is 0 Å². The molecular formula is C8H14N2O2. The van der Waals surface area contributed by atoms with Crippen LogP contribution in [0.15, 0.2) is 4.99 Å². The molecule has 0 saturated carbocycles. The number of amidine groups is 1. The minimum absolute atomic E-state index is 0.149. The van der Waals surface area contributed by atoms with Crippen LogP contribution >= 0.6 is 0 Å². The summed E-state index contributed by atoms with van der Waals surface area (Å²) in [6, 6.07) is 0.326. The molecule has 2 aliphatic heterocycles. The third kappa shape index (κ3) is 1.39. The molecule has 12 heavy (non-hydrogen) atoms. The Hall–Kier alpha value is -0.770. The minimum Gasteiger partial charge on any atom is -0.456 e. The van der Waals surface area contributed by atoms with E-state index in [0.717, 1.165) is 32.4 Å². The number of hydrogen-bond donors (Lipinski definition) is 1. The summed E-state index contributed by atoms with van der Waals surface area (Å²) in [4.78, 5) is 4.00. The van der Waals surface area contributed by atoms with Gasteiger partial charge in [-0.2, -0.15) is 0 Å². The van der Waals surface area contributed by atoms with Gasteiger partial charge in [0.15, 0.2) is 0 Å². The first-order valence-electron chi connectivity index (χ1n) is 4.37. The smallest absolute Gasteiger partial charge is 0.282 e. The van der Waals surface area contributed by atoms with E-state index in [4.69, 9.17) is 15.2 Å². The quantitative estimate of drug-likeness (QED) is 0.567. The maximum atomic E-state index is 5.52. The van der Waals surface area contributed by atoms with Crippen molar-refractivity contribution in [2.24, 2.45) is 10.7 Å². The van der Waals surface area contributed by atoms with E-state index in [-0.39, 0.29) is 5.60 Å². The Labute approximate surface area is 71.7 Å². The van der Waals surface area contributed by atoms with Crippen molar-refractivity contribution < 1.29 is 9.47 Å². The highest BCUT2D eigenvalue weighted by molar-refractivity contribution is 5.72. The molecule has 0 radical (unpaired) electrons. The Kier molecular flexibility index (Phi) is 1.92. The van der Waals surface area contributed by atoms with Crippen molar-refractivity contribution in [1.82, 2.24) is 0 Å². The predicted molar refractivity (Wildman–Crippen MR) is 45.0 cm³/mol. The maximum Gasteiger partial charge on any atom is 0.282 e. The first-order valence-corrected chi connectivity index (χ1v) is 4.37. The third-order valence-electron chi connectivity index (χ3n) is 2.44. The van der Waals surface area contributed by atoms with Crippen molar-refractivity contribution in [1.29, 1.82) is 0 Å². The molecule has 2 N–H and O–H groups in total. The van der Waals surface area contributed by atoms with Crippen LogP contribution in [0, 0.1) is 0 Å². The van der Waals surface area contributed by atoms with Crippen LogP contribution in [0.3, 0.4) is 0 Å². The first kappa shape index (κ1) is 7.86. The van der Waals surface area contributed by atoms with E-state index >= 15 is 0 Å². The van der Waals surface area contributed by atoms with Crippen molar-refractivity contribution in [3.63, 3.8) is 0 Å². The fourth-order valence-electron chi connectivity index (χ4n) is 1.78. The SMILES string of the molecule is NC1=NCCC2(CCCOC2)O1. The van der Waals surface area contributed by atoms with Crippen LogP contribution in [0.2, 0.25) is 0 Å². The highest BCUT2D eigenvalue weighted by Crippen LogP contribution is 2.29. The van der Waals surface area contributed by atoms with E-state index in [9.17, 15) is 0 Å². The van der Waals surface area contributed by atoms with Gasteiger partial charge in [0.25, 0.3) is 6.02 Å². The summed E-state index contributed by atoms with van der Waals surface area (Å²) in [5, 5.41) is 0. The number of rotatable bonds is 0. The summed E-state index contributed by atoms with van der Waals surface area (Å²) < 4.78 is 10.9. The maximum absolute atomic E-state index is 5.52. The molecule has 1 unspecified atom stereocenters. The molecule has 1 saturated heterocycles. The lowest BCUT2D eigenvalue weighted by Crippen LogP contribution is -2.47. The summed E-state index contributed by atoms with van der Waals surface area (Å²) in [5.74, 6) is 0. The van der Waals surface area contributed by atoms with Gasteiger partial charge >= 0.3 is 0 Å². The standard InChI is InChI=1S/C8H14N2O2/c9-7-10-4-3-8(12-7)2-1-5-11-6-8/h1-6H2,(H2,9,10). The van der Waals surface area contributed by atoms with Gasteiger partial charge in [-0.15, -0.1) is 0 Å². The van der Waals surface area contributed by atoms with Crippen molar-refractivity contribution >= 4 is 6.02 Å². The van der Waals surface area contributed by atoms with Crippen LogP contribution in [0.25, 0.3) is 0 Å². The van der Waals surface area contributed by atoms with Crippen molar-refractivity contribution in [2.45, 2.75) is 24.9 Å². The van der Waals surface area contributed by atoms with Crippen LogP contribution in [0.1, 0.15) is 19.3 Å². The van der Waals surface area contributed by atoms with Gasteiger partial charge in [0.05, 0.1) is 6.61 Å². The molecule has 0 aliphatic carbocycles. The lowest BCUT2D eigenvalue weighted by Gasteiger charge is -2.38. The van der Waals surface area contributed by atoms with Gasteiger partial charge in [0.1, 0.15) is 5.60 Å². The third-order valence-corrected chi connectivity index (χ3v) is 2.44. The molecule has 1 fully saturated rings. The van der Waals surface area contributed by atoms with Crippen molar-refractivity contribution in [3.05, 3.63) is 0 Å². The van der Waals surface area contributed by atoms with E-state index in [0.29, 0.717) is 12.6 Å². The Bertz CT molecular complexity index is 197. The fourth-order valence-corrected chi connectivity index (χ4v) is 1.78. The number of nitrogens with two attached hydrogens (primary N) is 1. The first-order chi connectivity index (χ1) is 5.81. The molecule has 1 spiro atoms. The van der Waals surface area contributed by atoms with E-state index in [2.05, 4.69) is 4.99 Å². The average Bonchev–Trinajstić information content (AvgIpc) is 2.05. The van der Waals surface area contributed by atoms with Gasteiger partial charge in [-0.3, -0.25) is 0 Å². The summed E-state index contributed by atoms with van der Waals surface area (Å²) in [6.07, 6.45) is 3.05. The lowest BCUT2D eigenvalue weighted by atomic mass is 9.92. The molecule has 2 heterocycles. The highest BCUT2D eigenvalue weighted by atomic mass is 16.6. The number of hydrogen-bond acceptors (Lipinski definition) is 4. The Morgan fingerprint density at radius 1 is 1.42 bits per heavy atom. The van der Waals surface area contributed by atoms with Gasteiger partial charge in [-0.05, 0) is 12.8 Å².